The van der Waals surface area contributed by atoms with E-state index in [1.807, 2.05) is 18.2 Å². The van der Waals surface area contributed by atoms with E-state index in [2.05, 4.69) is 4.99 Å². The Morgan fingerprint density at radius 1 is 1.06 bits per heavy atom. The summed E-state index contributed by atoms with van der Waals surface area (Å²) in [7, 11) is 0. The zero-order valence-corrected chi connectivity index (χ0v) is 9.48. The average Bonchev–Trinajstić information content (AvgIpc) is 3.11. The van der Waals surface area contributed by atoms with Crippen LogP contribution in [0.2, 0.25) is 0 Å². The SMILES string of the molecule is O=c1n(-c2ccccc2)c(=O)n2n1CC1=NC1C2. The highest BCUT2D eigenvalue weighted by molar-refractivity contribution is 6.00. The van der Waals surface area contributed by atoms with Gasteiger partial charge in [-0.2, -0.15) is 0 Å². The quantitative estimate of drug-likeness (QED) is 0.685. The highest BCUT2D eigenvalue weighted by atomic mass is 16.2. The van der Waals surface area contributed by atoms with Gasteiger partial charge in [-0.25, -0.2) is 23.5 Å². The Balaban J connectivity index is 1.99. The van der Waals surface area contributed by atoms with Crippen LogP contribution in [0.5, 0.6) is 0 Å². The average molecular weight is 242 g/mol. The summed E-state index contributed by atoms with van der Waals surface area (Å²) in [5.74, 6) is 0. The second-order valence-corrected chi connectivity index (χ2v) is 4.51. The normalized spacial score (nSPS) is 20.0. The number of aromatic nitrogens is 3. The molecule has 1 unspecified atom stereocenters. The molecule has 4 rings (SSSR count). The van der Waals surface area contributed by atoms with Gasteiger partial charge in [-0.15, -0.1) is 0 Å². The first-order valence-corrected chi connectivity index (χ1v) is 5.80. The molecular weight excluding hydrogens is 232 g/mol. The molecule has 0 saturated heterocycles. The molecule has 2 aromatic rings. The maximum atomic E-state index is 12.3. The van der Waals surface area contributed by atoms with Gasteiger partial charge in [-0.05, 0) is 12.1 Å². The van der Waals surface area contributed by atoms with Crippen molar-refractivity contribution >= 4 is 5.71 Å². The zero-order chi connectivity index (χ0) is 12.3. The summed E-state index contributed by atoms with van der Waals surface area (Å²) < 4.78 is 4.17. The molecule has 1 atom stereocenters. The van der Waals surface area contributed by atoms with Crippen LogP contribution in [0, 0.1) is 0 Å². The van der Waals surface area contributed by atoms with E-state index < -0.39 is 0 Å². The van der Waals surface area contributed by atoms with E-state index in [1.54, 1.807) is 12.1 Å². The second kappa shape index (κ2) is 3.10. The number of fused-ring (bicyclic) bond motifs is 2. The summed E-state index contributed by atoms with van der Waals surface area (Å²) in [4.78, 5) is 28.7. The van der Waals surface area contributed by atoms with Gasteiger partial charge in [0.05, 0.1) is 24.5 Å². The van der Waals surface area contributed by atoms with Gasteiger partial charge in [0.25, 0.3) is 0 Å². The first-order chi connectivity index (χ1) is 8.75. The molecule has 2 aliphatic rings. The smallest absolute Gasteiger partial charge is 0.278 e. The van der Waals surface area contributed by atoms with Crippen molar-refractivity contribution in [2.24, 2.45) is 4.99 Å². The molecule has 1 aromatic heterocycles. The molecule has 3 heterocycles. The standard InChI is InChI=1S/C12H10N4O2/c17-11-14-6-9-10(13-9)7-15(14)12(18)16(11)8-4-2-1-3-5-8/h1-5,9H,6-7H2. The Bertz CT molecular complexity index is 779. The summed E-state index contributed by atoms with van der Waals surface area (Å²) >= 11 is 0. The third-order valence-corrected chi connectivity index (χ3v) is 3.43. The Morgan fingerprint density at radius 3 is 2.56 bits per heavy atom. The van der Waals surface area contributed by atoms with Crippen molar-refractivity contribution in [3.8, 4) is 5.69 Å². The highest BCUT2D eigenvalue weighted by Gasteiger charge is 2.36. The molecule has 0 radical (unpaired) electrons. The molecule has 0 N–H and O–H groups in total. The maximum Gasteiger partial charge on any atom is 0.352 e. The number of rotatable bonds is 1. The number of para-hydroxylation sites is 1. The number of hydrogen-bond acceptors (Lipinski definition) is 3. The van der Waals surface area contributed by atoms with E-state index >= 15 is 0 Å². The molecule has 90 valence electrons. The van der Waals surface area contributed by atoms with Gasteiger partial charge in [-0.3, -0.25) is 4.99 Å². The van der Waals surface area contributed by atoms with Gasteiger partial charge in [0.15, 0.2) is 0 Å². The van der Waals surface area contributed by atoms with Crippen molar-refractivity contribution < 1.29 is 0 Å². The van der Waals surface area contributed by atoms with Crippen LogP contribution in [0.4, 0.5) is 0 Å². The van der Waals surface area contributed by atoms with Crippen LogP contribution in [0.1, 0.15) is 0 Å². The predicted molar refractivity (Wildman–Crippen MR) is 65.5 cm³/mol. The third kappa shape index (κ3) is 1.14. The molecule has 0 fully saturated rings. The Hall–Kier alpha value is -2.37. The monoisotopic (exact) mass is 242 g/mol. The van der Waals surface area contributed by atoms with E-state index in [-0.39, 0.29) is 17.4 Å². The van der Waals surface area contributed by atoms with Gasteiger partial charge in [-0.1, -0.05) is 18.2 Å². The van der Waals surface area contributed by atoms with E-state index in [0.717, 1.165) is 5.71 Å². The molecule has 0 bridgehead atoms. The van der Waals surface area contributed by atoms with Crippen LogP contribution in [0.25, 0.3) is 5.69 Å². The second-order valence-electron chi connectivity index (χ2n) is 4.51. The van der Waals surface area contributed by atoms with Crippen molar-refractivity contribution in [2.75, 3.05) is 0 Å². The first kappa shape index (κ1) is 9.64. The molecule has 6 nitrogen and oxygen atoms in total. The topological polar surface area (TPSA) is 61.3 Å². The molecule has 1 aromatic carbocycles. The van der Waals surface area contributed by atoms with Crippen LogP contribution >= 0.6 is 0 Å². The van der Waals surface area contributed by atoms with Crippen molar-refractivity contribution in [1.29, 1.82) is 0 Å². The first-order valence-electron chi connectivity index (χ1n) is 5.80. The number of aliphatic imine (C=N–C) groups is 1. The van der Waals surface area contributed by atoms with Gasteiger partial charge in [0.2, 0.25) is 0 Å². The van der Waals surface area contributed by atoms with Gasteiger partial charge in [0, 0.05) is 0 Å². The number of nitrogens with zero attached hydrogens (tertiary/aromatic N) is 4. The Labute approximate surface area is 101 Å². The largest absolute Gasteiger partial charge is 0.352 e. The minimum Gasteiger partial charge on any atom is -0.278 e. The van der Waals surface area contributed by atoms with Crippen LogP contribution in [0.3, 0.4) is 0 Å². The van der Waals surface area contributed by atoms with Crippen molar-refractivity contribution in [1.82, 2.24) is 13.9 Å². The lowest BCUT2D eigenvalue weighted by Crippen LogP contribution is -2.35. The molecule has 0 aliphatic carbocycles. The van der Waals surface area contributed by atoms with Crippen LogP contribution in [0.15, 0.2) is 44.9 Å². The molecule has 0 spiro atoms. The lowest BCUT2D eigenvalue weighted by Gasteiger charge is -2.10. The minimum absolute atomic E-state index is 0.147. The third-order valence-electron chi connectivity index (χ3n) is 3.43. The predicted octanol–water partition coefficient (Wildman–Crippen LogP) is -0.363. The summed E-state index contributed by atoms with van der Waals surface area (Å²) in [6.07, 6.45) is 0. The summed E-state index contributed by atoms with van der Waals surface area (Å²) in [6.45, 7) is 0.932. The van der Waals surface area contributed by atoms with E-state index in [1.165, 1.54) is 13.9 Å². The van der Waals surface area contributed by atoms with E-state index in [9.17, 15) is 9.59 Å². The molecule has 0 amide bonds. The van der Waals surface area contributed by atoms with Crippen molar-refractivity contribution in [3.05, 3.63) is 51.3 Å². The lowest BCUT2D eigenvalue weighted by molar-refractivity contribution is 0.453. The van der Waals surface area contributed by atoms with Crippen molar-refractivity contribution in [3.63, 3.8) is 0 Å². The molecule has 2 aliphatic heterocycles. The summed E-state index contributed by atoms with van der Waals surface area (Å²) in [6, 6.07) is 9.13. The fourth-order valence-electron chi connectivity index (χ4n) is 2.42. The van der Waals surface area contributed by atoms with Crippen LogP contribution in [-0.4, -0.2) is 25.7 Å². The fraction of sp³-hybridized carbons (Fsp3) is 0.250. The number of benzene rings is 1. The van der Waals surface area contributed by atoms with Gasteiger partial charge in [0.1, 0.15) is 6.04 Å². The summed E-state index contributed by atoms with van der Waals surface area (Å²) in [5.41, 5.74) is 1.05. The summed E-state index contributed by atoms with van der Waals surface area (Å²) in [5, 5.41) is 0. The molecule has 0 saturated carbocycles. The van der Waals surface area contributed by atoms with Crippen molar-refractivity contribution in [2.45, 2.75) is 19.1 Å². The highest BCUT2D eigenvalue weighted by Crippen LogP contribution is 2.18. The van der Waals surface area contributed by atoms with Gasteiger partial charge < -0.3 is 0 Å². The van der Waals surface area contributed by atoms with Gasteiger partial charge >= 0.3 is 11.4 Å². The Kier molecular flexibility index (Phi) is 1.66. The fourth-order valence-corrected chi connectivity index (χ4v) is 2.42. The minimum atomic E-state index is -0.292. The Morgan fingerprint density at radius 2 is 1.78 bits per heavy atom. The zero-order valence-electron chi connectivity index (χ0n) is 9.48. The molecular formula is C12H10N4O2. The van der Waals surface area contributed by atoms with E-state index in [0.29, 0.717) is 18.8 Å². The van der Waals surface area contributed by atoms with Crippen LogP contribution < -0.4 is 11.4 Å². The lowest BCUT2D eigenvalue weighted by atomic mass is 10.3. The molecule has 6 heteroatoms. The maximum absolute atomic E-state index is 12.3. The number of hydrogen-bond donors (Lipinski definition) is 0. The molecule has 18 heavy (non-hydrogen) atoms. The van der Waals surface area contributed by atoms with E-state index in [4.69, 9.17) is 0 Å². The van der Waals surface area contributed by atoms with Crippen LogP contribution in [-0.2, 0) is 13.1 Å².